The van der Waals surface area contributed by atoms with Crippen LogP contribution in [0.5, 0.6) is 0 Å². The second kappa shape index (κ2) is 6.34. The molecule has 0 heterocycles. The molecule has 0 aromatic rings. The van der Waals surface area contributed by atoms with E-state index in [1.54, 1.807) is 6.92 Å². The van der Waals surface area contributed by atoms with E-state index in [2.05, 4.69) is 16.0 Å². The number of rotatable bonds is 5. The highest BCUT2D eigenvalue weighted by Crippen LogP contribution is 2.55. The summed E-state index contributed by atoms with van der Waals surface area (Å²) in [7, 11) is 0. The van der Waals surface area contributed by atoms with E-state index >= 15 is 0 Å². The van der Waals surface area contributed by atoms with Crippen LogP contribution < -0.4 is 16.0 Å². The lowest BCUT2D eigenvalue weighted by atomic mass is 9.53. The number of urea groups is 1. The van der Waals surface area contributed by atoms with Crippen LogP contribution in [0, 0.1) is 17.8 Å². The van der Waals surface area contributed by atoms with Gasteiger partial charge in [-0.1, -0.05) is 0 Å². The molecule has 4 rings (SSSR count). The molecule has 0 spiro atoms. The molecule has 3 amide bonds. The molecular formula is C16H27N3O3. The largest absolute Gasteiger partial charge is 0.450 e. The summed E-state index contributed by atoms with van der Waals surface area (Å²) in [6.45, 7) is 2.91. The lowest BCUT2D eigenvalue weighted by Gasteiger charge is -2.56. The Bertz CT molecular complexity index is 403. The fraction of sp³-hybridized carbons (Fsp3) is 0.875. The number of ether oxygens (including phenoxy) is 1. The lowest BCUT2D eigenvalue weighted by molar-refractivity contribution is -0.0135. The molecule has 0 aliphatic heterocycles. The van der Waals surface area contributed by atoms with Crippen molar-refractivity contribution in [2.24, 2.45) is 17.8 Å². The zero-order valence-electron chi connectivity index (χ0n) is 13.3. The van der Waals surface area contributed by atoms with Crippen LogP contribution in [-0.4, -0.2) is 37.4 Å². The van der Waals surface area contributed by atoms with Crippen LogP contribution in [0.4, 0.5) is 9.59 Å². The second-order valence-corrected chi connectivity index (χ2v) is 7.23. The van der Waals surface area contributed by atoms with E-state index in [1.807, 2.05) is 0 Å². The topological polar surface area (TPSA) is 79.5 Å². The minimum absolute atomic E-state index is 0.0351. The van der Waals surface area contributed by atoms with Crippen molar-refractivity contribution in [1.82, 2.24) is 16.0 Å². The van der Waals surface area contributed by atoms with Crippen molar-refractivity contribution >= 4 is 12.1 Å². The van der Waals surface area contributed by atoms with Crippen LogP contribution in [0.1, 0.15) is 45.4 Å². The molecule has 4 aliphatic rings. The zero-order valence-corrected chi connectivity index (χ0v) is 13.3. The first kappa shape index (κ1) is 15.4. The molecule has 124 valence electrons. The van der Waals surface area contributed by atoms with Crippen LogP contribution in [0.25, 0.3) is 0 Å². The van der Waals surface area contributed by atoms with Gasteiger partial charge in [-0.05, 0) is 63.2 Å². The molecule has 0 atom stereocenters. The molecule has 0 aromatic heterocycles. The summed E-state index contributed by atoms with van der Waals surface area (Å²) < 4.78 is 4.76. The van der Waals surface area contributed by atoms with Gasteiger partial charge in [0.15, 0.2) is 0 Å². The maximum absolute atomic E-state index is 12.1. The first-order valence-corrected chi connectivity index (χ1v) is 8.55. The maximum Gasteiger partial charge on any atom is 0.407 e. The number of amides is 3. The summed E-state index contributed by atoms with van der Waals surface area (Å²) in [5, 5.41) is 8.67. The number of alkyl carbamates (subject to hydrolysis) is 1. The summed E-state index contributed by atoms with van der Waals surface area (Å²) >= 11 is 0. The molecule has 6 heteroatoms. The molecule has 0 radical (unpaired) electrons. The van der Waals surface area contributed by atoms with Gasteiger partial charge in [0.25, 0.3) is 0 Å². The first-order chi connectivity index (χ1) is 10.6. The maximum atomic E-state index is 12.1. The fourth-order valence-corrected chi connectivity index (χ4v) is 5.07. The third-order valence-electron chi connectivity index (χ3n) is 5.37. The molecule has 4 saturated carbocycles. The third kappa shape index (κ3) is 3.47. The van der Waals surface area contributed by atoms with E-state index in [-0.39, 0.29) is 11.6 Å². The van der Waals surface area contributed by atoms with E-state index in [0.717, 1.165) is 37.0 Å². The average molecular weight is 309 g/mol. The normalized spacial score (nSPS) is 35.0. The SMILES string of the molecule is CCOC(=O)NCCNC(=O)NC12CC3CC(CC(C3)C1)C2. The van der Waals surface area contributed by atoms with Crippen molar-refractivity contribution in [3.05, 3.63) is 0 Å². The lowest BCUT2D eigenvalue weighted by Crippen LogP contribution is -2.61. The third-order valence-corrected chi connectivity index (χ3v) is 5.37. The Hall–Kier alpha value is -1.46. The summed E-state index contributed by atoms with van der Waals surface area (Å²) in [5.74, 6) is 2.45. The van der Waals surface area contributed by atoms with Crippen molar-refractivity contribution in [3.63, 3.8) is 0 Å². The Morgan fingerprint density at radius 2 is 1.55 bits per heavy atom. The smallest absolute Gasteiger partial charge is 0.407 e. The van der Waals surface area contributed by atoms with E-state index in [9.17, 15) is 9.59 Å². The van der Waals surface area contributed by atoms with Gasteiger partial charge in [0.1, 0.15) is 0 Å². The number of carbonyl (C=O) groups excluding carboxylic acids is 2. The van der Waals surface area contributed by atoms with Gasteiger partial charge in [-0.15, -0.1) is 0 Å². The molecule has 4 aliphatic carbocycles. The summed E-state index contributed by atoms with van der Waals surface area (Å²) in [6, 6.07) is -0.104. The molecule has 4 fully saturated rings. The van der Waals surface area contributed by atoms with Crippen LogP contribution in [-0.2, 0) is 4.74 Å². The van der Waals surface area contributed by atoms with Crippen molar-refractivity contribution in [1.29, 1.82) is 0 Å². The molecular weight excluding hydrogens is 282 g/mol. The van der Waals surface area contributed by atoms with Crippen molar-refractivity contribution in [2.75, 3.05) is 19.7 Å². The number of nitrogens with one attached hydrogen (secondary N) is 3. The first-order valence-electron chi connectivity index (χ1n) is 8.55. The molecule has 22 heavy (non-hydrogen) atoms. The van der Waals surface area contributed by atoms with Gasteiger partial charge in [-0.2, -0.15) is 0 Å². The number of hydrogen-bond donors (Lipinski definition) is 3. The minimum atomic E-state index is -0.439. The van der Waals surface area contributed by atoms with E-state index in [0.29, 0.717) is 19.7 Å². The van der Waals surface area contributed by atoms with Gasteiger partial charge in [-0.25, -0.2) is 9.59 Å². The zero-order chi connectivity index (χ0) is 15.6. The molecule has 6 nitrogen and oxygen atoms in total. The summed E-state index contributed by atoms with van der Waals surface area (Å²) in [6.07, 6.45) is 7.10. The molecule has 4 bridgehead atoms. The molecule has 3 N–H and O–H groups in total. The Kier molecular flexibility index (Phi) is 4.45. The number of hydrogen-bond acceptors (Lipinski definition) is 3. The molecule has 0 saturated heterocycles. The van der Waals surface area contributed by atoms with Crippen LogP contribution in [0.15, 0.2) is 0 Å². The molecule has 0 aromatic carbocycles. The summed E-state index contributed by atoms with van der Waals surface area (Å²) in [5.41, 5.74) is 0.0351. The monoisotopic (exact) mass is 309 g/mol. The summed E-state index contributed by atoms with van der Waals surface area (Å²) in [4.78, 5) is 23.3. The van der Waals surface area contributed by atoms with Gasteiger partial charge >= 0.3 is 12.1 Å². The van der Waals surface area contributed by atoms with Crippen LogP contribution >= 0.6 is 0 Å². The predicted octanol–water partition coefficient (Wildman–Crippen LogP) is 2.00. The predicted molar refractivity (Wildman–Crippen MR) is 82.5 cm³/mol. The Morgan fingerprint density at radius 1 is 1.00 bits per heavy atom. The Labute approximate surface area is 131 Å². The number of carbonyl (C=O) groups is 2. The van der Waals surface area contributed by atoms with Gasteiger partial charge in [0.2, 0.25) is 0 Å². The van der Waals surface area contributed by atoms with Crippen LogP contribution in [0.2, 0.25) is 0 Å². The van der Waals surface area contributed by atoms with Crippen molar-refractivity contribution in [3.8, 4) is 0 Å². The Balaban J connectivity index is 1.40. The van der Waals surface area contributed by atoms with Gasteiger partial charge in [-0.3, -0.25) is 0 Å². The van der Waals surface area contributed by atoms with E-state index in [1.165, 1.54) is 19.3 Å². The standard InChI is InChI=1S/C16H27N3O3/c1-2-22-15(21)18-4-3-17-14(20)19-16-8-11-5-12(9-16)7-13(6-11)10-16/h11-13H,2-10H2,1H3,(H,18,21)(H2,17,19,20). The molecule has 0 unspecified atom stereocenters. The van der Waals surface area contributed by atoms with E-state index < -0.39 is 6.09 Å². The Morgan fingerprint density at radius 3 is 2.09 bits per heavy atom. The van der Waals surface area contributed by atoms with Gasteiger partial charge < -0.3 is 20.7 Å². The highest BCUT2D eigenvalue weighted by Gasteiger charge is 2.51. The van der Waals surface area contributed by atoms with E-state index in [4.69, 9.17) is 4.74 Å². The highest BCUT2D eigenvalue weighted by molar-refractivity contribution is 5.75. The second-order valence-electron chi connectivity index (χ2n) is 7.23. The highest BCUT2D eigenvalue weighted by atomic mass is 16.5. The van der Waals surface area contributed by atoms with Crippen molar-refractivity contribution in [2.45, 2.75) is 51.0 Å². The van der Waals surface area contributed by atoms with Crippen LogP contribution in [0.3, 0.4) is 0 Å². The van der Waals surface area contributed by atoms with Gasteiger partial charge in [0.05, 0.1) is 6.61 Å². The minimum Gasteiger partial charge on any atom is -0.450 e. The van der Waals surface area contributed by atoms with Gasteiger partial charge in [0, 0.05) is 18.6 Å². The average Bonchev–Trinajstić information content (AvgIpc) is 2.42. The fourth-order valence-electron chi connectivity index (χ4n) is 5.07. The quantitative estimate of drug-likeness (QED) is 0.680. The van der Waals surface area contributed by atoms with Crippen molar-refractivity contribution < 1.29 is 14.3 Å².